The quantitative estimate of drug-likeness (QED) is 0.797. The molecule has 5 heteroatoms. The summed E-state index contributed by atoms with van der Waals surface area (Å²) >= 11 is 0. The summed E-state index contributed by atoms with van der Waals surface area (Å²) < 4.78 is 0. The van der Waals surface area contributed by atoms with Crippen molar-refractivity contribution in [3.8, 4) is 0 Å². The van der Waals surface area contributed by atoms with Crippen LogP contribution >= 0.6 is 12.4 Å². The molecule has 1 aromatic heterocycles. The van der Waals surface area contributed by atoms with Crippen molar-refractivity contribution < 1.29 is 0 Å². The van der Waals surface area contributed by atoms with E-state index in [0.717, 1.165) is 22.4 Å². The minimum absolute atomic E-state index is 0. The zero-order valence-corrected chi connectivity index (χ0v) is 12.8. The Morgan fingerprint density at radius 2 is 1.62 bits per heavy atom. The van der Waals surface area contributed by atoms with Gasteiger partial charge in [0, 0.05) is 30.9 Å². The van der Waals surface area contributed by atoms with E-state index in [-0.39, 0.29) is 12.4 Å². The third kappa shape index (κ3) is 3.23. The number of hydrogen-bond acceptors (Lipinski definition) is 4. The second kappa shape index (κ2) is 6.41. The van der Waals surface area contributed by atoms with Gasteiger partial charge in [-0.3, -0.25) is 0 Å². The van der Waals surface area contributed by atoms with Crippen molar-refractivity contribution in [1.29, 1.82) is 0 Å². The first kappa shape index (κ1) is 15.1. The van der Waals surface area contributed by atoms with Crippen LogP contribution in [0.3, 0.4) is 0 Å². The lowest BCUT2D eigenvalue weighted by Gasteiger charge is -2.13. The number of nitrogens with zero attached hydrogens (tertiary/aromatic N) is 3. The van der Waals surface area contributed by atoms with Crippen molar-refractivity contribution in [2.45, 2.75) is 0 Å². The average molecular weight is 301 g/mol. The number of hydrogen-bond donors (Lipinski definition) is 1. The number of benzene rings is 2. The van der Waals surface area contributed by atoms with Crippen LogP contribution in [0.5, 0.6) is 0 Å². The first-order chi connectivity index (χ1) is 9.74. The number of para-hydroxylation sites is 1. The topological polar surface area (TPSA) is 41.0 Å². The lowest BCUT2D eigenvalue weighted by atomic mass is 10.2. The van der Waals surface area contributed by atoms with Gasteiger partial charge in [0.2, 0.25) is 0 Å². The molecule has 0 aliphatic heterocycles. The molecule has 0 aliphatic rings. The normalized spacial score (nSPS) is 10.0. The molecule has 0 amide bonds. The van der Waals surface area contributed by atoms with Gasteiger partial charge >= 0.3 is 0 Å². The first-order valence-corrected chi connectivity index (χ1v) is 6.48. The van der Waals surface area contributed by atoms with Crippen molar-refractivity contribution >= 4 is 40.5 Å². The Kier molecular flexibility index (Phi) is 4.60. The van der Waals surface area contributed by atoms with E-state index in [1.165, 1.54) is 5.69 Å². The number of rotatable bonds is 3. The van der Waals surface area contributed by atoms with Crippen molar-refractivity contribution in [3.05, 3.63) is 54.9 Å². The molecule has 0 atom stereocenters. The summed E-state index contributed by atoms with van der Waals surface area (Å²) in [6.07, 6.45) is 1.58. The van der Waals surface area contributed by atoms with Crippen LogP contribution < -0.4 is 10.2 Å². The fourth-order valence-electron chi connectivity index (χ4n) is 2.08. The van der Waals surface area contributed by atoms with Crippen molar-refractivity contribution in [2.24, 2.45) is 0 Å². The third-order valence-electron chi connectivity index (χ3n) is 3.19. The molecule has 2 aromatic carbocycles. The summed E-state index contributed by atoms with van der Waals surface area (Å²) in [5.41, 5.74) is 3.12. The molecule has 1 heterocycles. The fourth-order valence-corrected chi connectivity index (χ4v) is 2.08. The standard InChI is InChI=1S/C16H16N4.ClH/c1-20(2)13-9-7-12(8-10-13)19-16-14-5-3-4-6-15(14)17-11-18-16;/h3-11H,1-2H3,(H,17,18,19);1H. The van der Waals surface area contributed by atoms with Crippen molar-refractivity contribution in [1.82, 2.24) is 9.97 Å². The highest BCUT2D eigenvalue weighted by atomic mass is 35.5. The van der Waals surface area contributed by atoms with Gasteiger partial charge in [0.25, 0.3) is 0 Å². The summed E-state index contributed by atoms with van der Waals surface area (Å²) in [6, 6.07) is 16.2. The molecule has 108 valence electrons. The molecular weight excluding hydrogens is 284 g/mol. The molecule has 0 radical (unpaired) electrons. The molecule has 0 saturated heterocycles. The highest BCUT2D eigenvalue weighted by Gasteiger charge is 2.03. The highest BCUT2D eigenvalue weighted by Crippen LogP contribution is 2.23. The van der Waals surface area contributed by atoms with E-state index >= 15 is 0 Å². The van der Waals surface area contributed by atoms with E-state index in [1.807, 2.05) is 50.5 Å². The second-order valence-electron chi connectivity index (χ2n) is 4.81. The van der Waals surface area contributed by atoms with Gasteiger partial charge in [-0.25, -0.2) is 9.97 Å². The largest absolute Gasteiger partial charge is 0.378 e. The Morgan fingerprint density at radius 1 is 0.905 bits per heavy atom. The van der Waals surface area contributed by atoms with Gasteiger partial charge in [0.1, 0.15) is 12.1 Å². The summed E-state index contributed by atoms with van der Waals surface area (Å²) in [7, 11) is 4.06. The van der Waals surface area contributed by atoms with Crippen LogP contribution in [0.2, 0.25) is 0 Å². The van der Waals surface area contributed by atoms with Crippen LogP contribution in [0.25, 0.3) is 10.9 Å². The van der Waals surface area contributed by atoms with E-state index in [1.54, 1.807) is 6.33 Å². The Hall–Kier alpha value is -2.33. The minimum atomic E-state index is 0. The molecule has 4 nitrogen and oxygen atoms in total. The lowest BCUT2D eigenvalue weighted by Crippen LogP contribution is -2.08. The Balaban J connectivity index is 0.00000161. The maximum atomic E-state index is 4.33. The molecule has 3 rings (SSSR count). The van der Waals surface area contributed by atoms with E-state index in [2.05, 4.69) is 32.3 Å². The van der Waals surface area contributed by atoms with Crippen LogP contribution in [0.15, 0.2) is 54.9 Å². The predicted octanol–water partition coefficient (Wildman–Crippen LogP) is 3.86. The van der Waals surface area contributed by atoms with Gasteiger partial charge < -0.3 is 10.2 Å². The number of anilines is 3. The monoisotopic (exact) mass is 300 g/mol. The van der Waals surface area contributed by atoms with Crippen LogP contribution in [-0.4, -0.2) is 24.1 Å². The van der Waals surface area contributed by atoms with Gasteiger partial charge in [0.05, 0.1) is 5.52 Å². The van der Waals surface area contributed by atoms with Crippen LogP contribution in [-0.2, 0) is 0 Å². The van der Waals surface area contributed by atoms with Gasteiger partial charge in [-0.15, -0.1) is 12.4 Å². The Bertz CT molecular complexity index is 720. The zero-order chi connectivity index (χ0) is 13.9. The molecule has 0 unspecified atom stereocenters. The van der Waals surface area contributed by atoms with Crippen molar-refractivity contribution in [3.63, 3.8) is 0 Å². The Morgan fingerprint density at radius 3 is 2.33 bits per heavy atom. The fraction of sp³-hybridized carbons (Fsp3) is 0.125. The van der Waals surface area contributed by atoms with E-state index in [4.69, 9.17) is 0 Å². The van der Waals surface area contributed by atoms with Crippen LogP contribution in [0.1, 0.15) is 0 Å². The number of aromatic nitrogens is 2. The number of halogens is 1. The van der Waals surface area contributed by atoms with E-state index in [0.29, 0.717) is 0 Å². The average Bonchev–Trinajstić information content (AvgIpc) is 2.48. The smallest absolute Gasteiger partial charge is 0.141 e. The summed E-state index contributed by atoms with van der Waals surface area (Å²) in [5.74, 6) is 0.827. The molecule has 21 heavy (non-hydrogen) atoms. The predicted molar refractivity (Wildman–Crippen MR) is 90.8 cm³/mol. The lowest BCUT2D eigenvalue weighted by molar-refractivity contribution is 1.13. The first-order valence-electron chi connectivity index (χ1n) is 6.48. The van der Waals surface area contributed by atoms with Crippen LogP contribution in [0.4, 0.5) is 17.2 Å². The molecule has 0 aliphatic carbocycles. The minimum Gasteiger partial charge on any atom is -0.378 e. The van der Waals surface area contributed by atoms with Gasteiger partial charge in [-0.1, -0.05) is 12.1 Å². The molecule has 0 saturated carbocycles. The van der Waals surface area contributed by atoms with E-state index in [9.17, 15) is 0 Å². The SMILES string of the molecule is CN(C)c1ccc(Nc2ncnc3ccccc23)cc1.Cl. The van der Waals surface area contributed by atoms with E-state index < -0.39 is 0 Å². The van der Waals surface area contributed by atoms with Gasteiger partial charge in [-0.2, -0.15) is 0 Å². The number of fused-ring (bicyclic) bond motifs is 1. The number of nitrogens with one attached hydrogen (secondary N) is 1. The Labute approximate surface area is 130 Å². The molecule has 0 fully saturated rings. The van der Waals surface area contributed by atoms with Crippen LogP contribution in [0, 0.1) is 0 Å². The molecular formula is C16H17ClN4. The molecule has 0 spiro atoms. The molecule has 0 bridgehead atoms. The van der Waals surface area contributed by atoms with Gasteiger partial charge in [0.15, 0.2) is 0 Å². The summed E-state index contributed by atoms with van der Waals surface area (Å²) in [6.45, 7) is 0. The molecule has 1 N–H and O–H groups in total. The maximum absolute atomic E-state index is 4.33. The van der Waals surface area contributed by atoms with Crippen molar-refractivity contribution in [2.75, 3.05) is 24.3 Å². The molecule has 3 aromatic rings. The maximum Gasteiger partial charge on any atom is 0.141 e. The summed E-state index contributed by atoms with van der Waals surface area (Å²) in [4.78, 5) is 10.7. The summed E-state index contributed by atoms with van der Waals surface area (Å²) in [5, 5.41) is 4.36. The second-order valence-corrected chi connectivity index (χ2v) is 4.81. The van der Waals surface area contributed by atoms with Gasteiger partial charge in [-0.05, 0) is 36.4 Å². The zero-order valence-electron chi connectivity index (χ0n) is 11.9. The highest BCUT2D eigenvalue weighted by molar-refractivity contribution is 5.90. The third-order valence-corrected chi connectivity index (χ3v) is 3.19.